The van der Waals surface area contributed by atoms with Crippen molar-refractivity contribution in [1.82, 2.24) is 10.3 Å². The largest absolute Gasteiger partial charge is 0.459 e. The topological polar surface area (TPSA) is 101 Å². The fraction of sp³-hybridized carbons (Fsp3) is 0.143. The van der Waals surface area contributed by atoms with E-state index in [1.807, 2.05) is 12.1 Å². The molecule has 3 aromatic heterocycles. The number of nitrogens with one attached hydrogen (secondary N) is 2. The first kappa shape index (κ1) is 16.8. The van der Waals surface area contributed by atoms with Crippen LogP contribution in [0.15, 0.2) is 59.2 Å². The van der Waals surface area contributed by atoms with Crippen molar-refractivity contribution in [3.05, 3.63) is 82.3 Å². The molecule has 2 amide bonds. The van der Waals surface area contributed by atoms with Crippen LogP contribution in [0, 0.1) is 0 Å². The molecule has 7 heteroatoms. The molecule has 1 aliphatic rings. The number of hydrogen-bond acceptors (Lipinski definition) is 4. The molecule has 0 saturated carbocycles. The molecule has 5 rings (SSSR count). The number of amides is 2. The minimum Gasteiger partial charge on any atom is -0.459 e. The fourth-order valence-electron chi connectivity index (χ4n) is 3.92. The molecule has 4 aromatic rings. The van der Waals surface area contributed by atoms with Crippen LogP contribution < -0.4 is 11.1 Å². The van der Waals surface area contributed by atoms with E-state index in [1.165, 1.54) is 11.8 Å². The van der Waals surface area contributed by atoms with Gasteiger partial charge in [0.05, 0.1) is 22.5 Å². The molecule has 1 aromatic carbocycles. The Balaban J connectivity index is 1.51. The number of carbonyl (C=O) groups excluding carboxylic acids is 2. The number of aromatic nitrogens is 1. The van der Waals surface area contributed by atoms with Crippen LogP contribution in [0.5, 0.6) is 0 Å². The second-order valence-electron chi connectivity index (χ2n) is 6.91. The van der Waals surface area contributed by atoms with Gasteiger partial charge in [-0.1, -0.05) is 24.3 Å². The highest BCUT2D eigenvalue weighted by Crippen LogP contribution is 2.45. The Kier molecular flexibility index (Phi) is 3.84. The molecule has 1 aliphatic carbocycles. The first-order chi connectivity index (χ1) is 13.6. The van der Waals surface area contributed by atoms with Gasteiger partial charge in [-0.25, -0.2) is 0 Å². The molecule has 4 N–H and O–H groups in total. The smallest absolute Gasteiger partial charge is 0.287 e. The van der Waals surface area contributed by atoms with Crippen LogP contribution in [0.1, 0.15) is 49.0 Å². The van der Waals surface area contributed by atoms with Gasteiger partial charge in [-0.05, 0) is 41.8 Å². The predicted octanol–water partition coefficient (Wildman–Crippen LogP) is 3.73. The van der Waals surface area contributed by atoms with Crippen molar-refractivity contribution in [2.24, 2.45) is 5.73 Å². The number of carbonyl (C=O) groups is 2. The summed E-state index contributed by atoms with van der Waals surface area (Å²) in [6.07, 6.45) is 2.33. The Morgan fingerprint density at radius 3 is 2.79 bits per heavy atom. The molecule has 28 heavy (non-hydrogen) atoms. The summed E-state index contributed by atoms with van der Waals surface area (Å²) < 4.78 is 6.23. The molecular weight excluding hydrogens is 374 g/mol. The van der Waals surface area contributed by atoms with Gasteiger partial charge in [0.15, 0.2) is 5.76 Å². The number of thiophene rings is 1. The van der Waals surface area contributed by atoms with Gasteiger partial charge >= 0.3 is 0 Å². The Morgan fingerprint density at radius 2 is 2.04 bits per heavy atom. The molecule has 3 heterocycles. The molecular formula is C21H17N3O3S. The third-order valence-corrected chi connectivity index (χ3v) is 6.43. The van der Waals surface area contributed by atoms with Crippen LogP contribution in [-0.2, 0) is 6.42 Å². The van der Waals surface area contributed by atoms with E-state index in [0.717, 1.165) is 27.1 Å². The summed E-state index contributed by atoms with van der Waals surface area (Å²) in [6, 6.07) is 15.2. The van der Waals surface area contributed by atoms with Gasteiger partial charge in [0.25, 0.3) is 11.8 Å². The minimum atomic E-state index is -0.471. The summed E-state index contributed by atoms with van der Waals surface area (Å²) >= 11 is 1.62. The molecule has 0 bridgehead atoms. The Labute approximate surface area is 164 Å². The van der Waals surface area contributed by atoms with E-state index in [2.05, 4.69) is 28.5 Å². The quantitative estimate of drug-likeness (QED) is 0.494. The Hall–Kier alpha value is -3.32. The third kappa shape index (κ3) is 2.71. The number of rotatable bonds is 4. The maximum atomic E-state index is 12.6. The SMILES string of the molecule is NC(=O)c1cc2sc([C@H]3Cc4ccccc4[C@H]3NC(=O)c3ccco3)cc2[nH]1. The number of benzene rings is 1. The summed E-state index contributed by atoms with van der Waals surface area (Å²) in [5, 5.41) is 3.14. The molecule has 0 spiro atoms. The summed E-state index contributed by atoms with van der Waals surface area (Å²) in [4.78, 5) is 28.2. The first-order valence-electron chi connectivity index (χ1n) is 8.94. The van der Waals surface area contributed by atoms with E-state index in [-0.39, 0.29) is 17.9 Å². The summed E-state index contributed by atoms with van der Waals surface area (Å²) in [7, 11) is 0. The maximum absolute atomic E-state index is 12.6. The summed E-state index contributed by atoms with van der Waals surface area (Å²) in [5.74, 6) is -0.289. The van der Waals surface area contributed by atoms with Crippen LogP contribution in [-0.4, -0.2) is 16.8 Å². The van der Waals surface area contributed by atoms with E-state index in [0.29, 0.717) is 11.5 Å². The van der Waals surface area contributed by atoms with Crippen molar-refractivity contribution < 1.29 is 14.0 Å². The zero-order valence-corrected chi connectivity index (χ0v) is 15.6. The minimum absolute atomic E-state index is 0.110. The highest BCUT2D eigenvalue weighted by Gasteiger charge is 2.36. The maximum Gasteiger partial charge on any atom is 0.287 e. The number of hydrogen-bond donors (Lipinski definition) is 3. The Bertz CT molecular complexity index is 1160. The van der Waals surface area contributed by atoms with Crippen molar-refractivity contribution in [3.8, 4) is 0 Å². The van der Waals surface area contributed by atoms with Crippen LogP contribution in [0.25, 0.3) is 10.2 Å². The monoisotopic (exact) mass is 391 g/mol. The zero-order chi connectivity index (χ0) is 19.3. The van der Waals surface area contributed by atoms with Crippen molar-refractivity contribution in [3.63, 3.8) is 0 Å². The standard InChI is InChI=1S/C21H17N3O3S/c22-20(25)15-10-18-14(23-15)9-17(28-18)13-8-11-4-1-2-5-12(11)19(13)24-21(26)16-6-3-7-27-16/h1-7,9-10,13,19,23H,8H2,(H2,22,25)(H,24,26)/t13-,19-/m1/s1. The third-order valence-electron chi connectivity index (χ3n) is 5.22. The van der Waals surface area contributed by atoms with Crippen LogP contribution in [0.4, 0.5) is 0 Å². The normalized spacial score (nSPS) is 18.3. The van der Waals surface area contributed by atoms with Gasteiger partial charge in [0.2, 0.25) is 0 Å². The van der Waals surface area contributed by atoms with Crippen LogP contribution >= 0.6 is 11.3 Å². The number of nitrogens with two attached hydrogens (primary N) is 1. The number of furan rings is 1. The van der Waals surface area contributed by atoms with Crippen LogP contribution in [0.3, 0.4) is 0 Å². The molecule has 0 aliphatic heterocycles. The zero-order valence-electron chi connectivity index (χ0n) is 14.8. The lowest BCUT2D eigenvalue weighted by atomic mass is 9.98. The Morgan fingerprint density at radius 1 is 1.18 bits per heavy atom. The van der Waals surface area contributed by atoms with E-state index in [9.17, 15) is 9.59 Å². The van der Waals surface area contributed by atoms with Crippen molar-refractivity contribution in [1.29, 1.82) is 0 Å². The average Bonchev–Trinajstić information content (AvgIpc) is 3.44. The molecule has 2 atom stereocenters. The molecule has 0 unspecified atom stereocenters. The van der Waals surface area contributed by atoms with Gasteiger partial charge in [0, 0.05) is 10.8 Å². The first-order valence-corrected chi connectivity index (χ1v) is 9.76. The van der Waals surface area contributed by atoms with Gasteiger partial charge < -0.3 is 20.5 Å². The van der Waals surface area contributed by atoms with Gasteiger partial charge in [-0.2, -0.15) is 0 Å². The summed E-state index contributed by atoms with van der Waals surface area (Å²) in [5.41, 5.74) is 9.01. The molecule has 0 fully saturated rings. The summed E-state index contributed by atoms with van der Waals surface area (Å²) in [6.45, 7) is 0. The van der Waals surface area contributed by atoms with Crippen LogP contribution in [0.2, 0.25) is 0 Å². The molecule has 0 radical (unpaired) electrons. The lowest BCUT2D eigenvalue weighted by Crippen LogP contribution is -2.30. The van der Waals surface area contributed by atoms with Gasteiger partial charge in [0.1, 0.15) is 5.69 Å². The lowest BCUT2D eigenvalue weighted by molar-refractivity contribution is 0.0904. The van der Waals surface area contributed by atoms with E-state index in [1.54, 1.807) is 29.5 Å². The number of H-pyrrole nitrogens is 1. The van der Waals surface area contributed by atoms with Gasteiger partial charge in [-0.3, -0.25) is 9.59 Å². The van der Waals surface area contributed by atoms with E-state index < -0.39 is 5.91 Å². The number of primary amides is 1. The molecule has 140 valence electrons. The van der Waals surface area contributed by atoms with E-state index in [4.69, 9.17) is 10.2 Å². The van der Waals surface area contributed by atoms with E-state index >= 15 is 0 Å². The number of aromatic amines is 1. The highest BCUT2D eigenvalue weighted by atomic mass is 32.1. The lowest BCUT2D eigenvalue weighted by Gasteiger charge is -2.20. The molecule has 6 nitrogen and oxygen atoms in total. The van der Waals surface area contributed by atoms with Gasteiger partial charge in [-0.15, -0.1) is 11.3 Å². The second-order valence-corrected chi connectivity index (χ2v) is 8.03. The fourth-order valence-corrected chi connectivity index (χ4v) is 5.11. The predicted molar refractivity (Wildman–Crippen MR) is 106 cm³/mol. The van der Waals surface area contributed by atoms with Crippen molar-refractivity contribution in [2.45, 2.75) is 18.4 Å². The van der Waals surface area contributed by atoms with Crippen molar-refractivity contribution in [2.75, 3.05) is 0 Å². The second kappa shape index (κ2) is 6.38. The van der Waals surface area contributed by atoms with Crippen molar-refractivity contribution >= 4 is 33.4 Å². The average molecular weight is 391 g/mol. The number of fused-ring (bicyclic) bond motifs is 2. The highest BCUT2D eigenvalue weighted by molar-refractivity contribution is 7.19. The molecule has 0 saturated heterocycles.